The SMILES string of the molecule is COCCOc1ncccc1CN=C(N)N1CCN(c2ccc(Cl)cc2)CC1. The number of nitrogens with zero attached hydrogens (tertiary/aromatic N) is 4. The average molecular weight is 404 g/mol. The molecule has 1 aliphatic rings. The summed E-state index contributed by atoms with van der Waals surface area (Å²) in [6.45, 7) is 4.81. The number of aliphatic imine (C=N–C) groups is 1. The third kappa shape index (κ3) is 5.50. The maximum atomic E-state index is 6.23. The first-order valence-electron chi connectivity index (χ1n) is 9.28. The summed E-state index contributed by atoms with van der Waals surface area (Å²) in [5, 5.41) is 0.750. The zero-order valence-electron chi connectivity index (χ0n) is 16.1. The van der Waals surface area contributed by atoms with E-state index in [0.717, 1.165) is 36.8 Å². The van der Waals surface area contributed by atoms with Crippen molar-refractivity contribution >= 4 is 23.2 Å². The summed E-state index contributed by atoms with van der Waals surface area (Å²) in [5.74, 6) is 1.12. The first-order valence-corrected chi connectivity index (χ1v) is 9.66. The second-order valence-electron chi connectivity index (χ2n) is 6.43. The smallest absolute Gasteiger partial charge is 0.218 e. The van der Waals surface area contributed by atoms with Crippen LogP contribution in [-0.2, 0) is 11.3 Å². The van der Waals surface area contributed by atoms with E-state index in [2.05, 4.69) is 19.8 Å². The van der Waals surface area contributed by atoms with Crippen LogP contribution in [0.1, 0.15) is 5.56 Å². The van der Waals surface area contributed by atoms with Crippen molar-refractivity contribution in [1.29, 1.82) is 0 Å². The Morgan fingerprint density at radius 3 is 2.61 bits per heavy atom. The molecule has 1 saturated heterocycles. The quantitative estimate of drug-likeness (QED) is 0.434. The largest absolute Gasteiger partial charge is 0.475 e. The molecule has 0 unspecified atom stereocenters. The summed E-state index contributed by atoms with van der Waals surface area (Å²) in [6, 6.07) is 11.7. The van der Waals surface area contributed by atoms with Crippen LogP contribution < -0.4 is 15.4 Å². The lowest BCUT2D eigenvalue weighted by molar-refractivity contribution is 0.143. The Labute approximate surface area is 170 Å². The van der Waals surface area contributed by atoms with E-state index in [1.54, 1.807) is 13.3 Å². The Morgan fingerprint density at radius 1 is 1.14 bits per heavy atom. The second-order valence-corrected chi connectivity index (χ2v) is 6.87. The summed E-state index contributed by atoms with van der Waals surface area (Å²) >= 11 is 5.97. The van der Waals surface area contributed by atoms with Crippen molar-refractivity contribution in [3.63, 3.8) is 0 Å². The molecule has 3 rings (SSSR count). The van der Waals surface area contributed by atoms with Crippen LogP contribution in [0, 0.1) is 0 Å². The third-order valence-corrected chi connectivity index (χ3v) is 4.84. The van der Waals surface area contributed by atoms with E-state index >= 15 is 0 Å². The third-order valence-electron chi connectivity index (χ3n) is 4.58. The van der Waals surface area contributed by atoms with Gasteiger partial charge < -0.3 is 25.0 Å². The molecule has 7 nitrogen and oxygen atoms in total. The number of piperazine rings is 1. The molecule has 2 aromatic rings. The lowest BCUT2D eigenvalue weighted by Gasteiger charge is -2.36. The van der Waals surface area contributed by atoms with Gasteiger partial charge in [-0.1, -0.05) is 17.7 Å². The van der Waals surface area contributed by atoms with E-state index in [4.69, 9.17) is 26.8 Å². The second kappa shape index (κ2) is 10.1. The van der Waals surface area contributed by atoms with Crippen molar-refractivity contribution in [2.45, 2.75) is 6.54 Å². The maximum Gasteiger partial charge on any atom is 0.218 e. The molecule has 0 saturated carbocycles. The Hall–Kier alpha value is -2.51. The van der Waals surface area contributed by atoms with Crippen LogP contribution in [0.2, 0.25) is 5.02 Å². The molecule has 8 heteroatoms. The van der Waals surface area contributed by atoms with Crippen LogP contribution in [0.25, 0.3) is 0 Å². The molecule has 2 heterocycles. The van der Waals surface area contributed by atoms with Gasteiger partial charge >= 0.3 is 0 Å². The van der Waals surface area contributed by atoms with Gasteiger partial charge in [0.05, 0.1) is 13.2 Å². The number of hydrogen-bond donors (Lipinski definition) is 1. The molecular weight excluding hydrogens is 378 g/mol. The van der Waals surface area contributed by atoms with Crippen molar-refractivity contribution in [3.05, 3.63) is 53.2 Å². The lowest BCUT2D eigenvalue weighted by Crippen LogP contribution is -2.51. The number of nitrogens with two attached hydrogens (primary N) is 1. The lowest BCUT2D eigenvalue weighted by atomic mass is 10.2. The first-order chi connectivity index (χ1) is 13.7. The van der Waals surface area contributed by atoms with E-state index in [1.807, 2.05) is 36.4 Å². The van der Waals surface area contributed by atoms with Crippen LogP contribution in [0.4, 0.5) is 5.69 Å². The van der Waals surface area contributed by atoms with E-state index < -0.39 is 0 Å². The number of halogens is 1. The Balaban J connectivity index is 1.54. The monoisotopic (exact) mass is 403 g/mol. The summed E-state index contributed by atoms with van der Waals surface area (Å²) in [5.41, 5.74) is 8.31. The molecule has 1 aromatic heterocycles. The standard InChI is InChI=1S/C20H26ClN5O2/c1-27-13-14-28-19-16(3-2-8-23-19)15-24-20(22)26-11-9-25(10-12-26)18-6-4-17(21)5-7-18/h2-8H,9-15H2,1H3,(H2,22,24). The van der Waals surface area contributed by atoms with E-state index in [1.165, 1.54) is 5.69 Å². The van der Waals surface area contributed by atoms with Gasteiger partial charge in [-0.05, 0) is 30.3 Å². The minimum atomic E-state index is 0.430. The number of pyridine rings is 1. The molecular formula is C20H26ClN5O2. The van der Waals surface area contributed by atoms with Gasteiger partial charge in [-0.3, -0.25) is 0 Å². The molecule has 0 atom stereocenters. The fourth-order valence-corrected chi connectivity index (χ4v) is 3.13. The molecule has 0 radical (unpaired) electrons. The van der Waals surface area contributed by atoms with Gasteiger partial charge in [-0.2, -0.15) is 0 Å². The van der Waals surface area contributed by atoms with Crippen molar-refractivity contribution in [2.24, 2.45) is 10.7 Å². The Bertz CT molecular complexity index is 776. The van der Waals surface area contributed by atoms with Gasteiger partial charge in [0.15, 0.2) is 5.96 Å². The van der Waals surface area contributed by atoms with E-state index in [9.17, 15) is 0 Å². The fourth-order valence-electron chi connectivity index (χ4n) is 3.01. The fraction of sp³-hybridized carbons (Fsp3) is 0.400. The van der Waals surface area contributed by atoms with Crippen molar-refractivity contribution < 1.29 is 9.47 Å². The minimum Gasteiger partial charge on any atom is -0.475 e. The van der Waals surface area contributed by atoms with Gasteiger partial charge in [0.25, 0.3) is 0 Å². The zero-order chi connectivity index (χ0) is 19.8. The van der Waals surface area contributed by atoms with Gasteiger partial charge in [0.2, 0.25) is 5.88 Å². The molecule has 0 bridgehead atoms. The molecule has 1 aliphatic heterocycles. The van der Waals surface area contributed by atoms with Crippen molar-refractivity contribution in [2.75, 3.05) is 51.4 Å². The van der Waals surface area contributed by atoms with Crippen LogP contribution in [0.3, 0.4) is 0 Å². The molecule has 0 amide bonds. The number of methoxy groups -OCH3 is 1. The van der Waals surface area contributed by atoms with Gasteiger partial charge in [-0.15, -0.1) is 0 Å². The minimum absolute atomic E-state index is 0.430. The predicted molar refractivity (Wildman–Crippen MR) is 112 cm³/mol. The number of hydrogen-bond acceptors (Lipinski definition) is 5. The summed E-state index contributed by atoms with van der Waals surface area (Å²) in [4.78, 5) is 13.3. The Morgan fingerprint density at radius 2 is 1.89 bits per heavy atom. The van der Waals surface area contributed by atoms with Crippen LogP contribution in [0.5, 0.6) is 5.88 Å². The van der Waals surface area contributed by atoms with Crippen LogP contribution >= 0.6 is 11.6 Å². The van der Waals surface area contributed by atoms with E-state index in [-0.39, 0.29) is 0 Å². The highest BCUT2D eigenvalue weighted by Crippen LogP contribution is 2.20. The van der Waals surface area contributed by atoms with E-state index in [0.29, 0.717) is 31.6 Å². The summed E-state index contributed by atoms with van der Waals surface area (Å²) in [7, 11) is 1.64. The van der Waals surface area contributed by atoms with Crippen molar-refractivity contribution in [1.82, 2.24) is 9.88 Å². The number of rotatable bonds is 7. The topological polar surface area (TPSA) is 76.2 Å². The maximum absolute atomic E-state index is 6.23. The van der Waals surface area contributed by atoms with Crippen molar-refractivity contribution in [3.8, 4) is 5.88 Å². The molecule has 1 aromatic carbocycles. The zero-order valence-corrected chi connectivity index (χ0v) is 16.8. The number of guanidine groups is 1. The van der Waals surface area contributed by atoms with Crippen LogP contribution in [0.15, 0.2) is 47.6 Å². The normalized spacial score (nSPS) is 15.0. The highest BCUT2D eigenvalue weighted by atomic mass is 35.5. The Kier molecular flexibility index (Phi) is 7.33. The molecule has 0 spiro atoms. The van der Waals surface area contributed by atoms with Crippen LogP contribution in [-0.4, -0.2) is 62.3 Å². The van der Waals surface area contributed by atoms with Gasteiger partial charge in [0, 0.05) is 55.8 Å². The molecule has 2 N–H and O–H groups in total. The molecule has 1 fully saturated rings. The van der Waals surface area contributed by atoms with Gasteiger partial charge in [-0.25, -0.2) is 9.98 Å². The molecule has 28 heavy (non-hydrogen) atoms. The summed E-state index contributed by atoms with van der Waals surface area (Å²) in [6.07, 6.45) is 1.70. The number of anilines is 1. The highest BCUT2D eigenvalue weighted by Gasteiger charge is 2.18. The first kappa shape index (κ1) is 20.2. The molecule has 0 aliphatic carbocycles. The summed E-state index contributed by atoms with van der Waals surface area (Å²) < 4.78 is 10.7. The number of aromatic nitrogens is 1. The highest BCUT2D eigenvalue weighted by molar-refractivity contribution is 6.30. The molecule has 150 valence electrons. The van der Waals surface area contributed by atoms with Gasteiger partial charge in [0.1, 0.15) is 6.61 Å². The average Bonchev–Trinajstić information content (AvgIpc) is 2.74. The predicted octanol–water partition coefficient (Wildman–Crippen LogP) is 2.40. The number of ether oxygens (including phenoxy) is 2. The number of benzene rings is 1.